The summed E-state index contributed by atoms with van der Waals surface area (Å²) in [5, 5.41) is 3.23. The zero-order chi connectivity index (χ0) is 24.0. The largest absolute Gasteiger partial charge is 0.383 e. The molecule has 182 valence electrons. The van der Waals surface area contributed by atoms with Crippen LogP contribution in [0.2, 0.25) is 0 Å². The number of piperidine rings is 1. The number of anilines is 1. The van der Waals surface area contributed by atoms with Crippen LogP contribution in [-0.4, -0.2) is 63.2 Å². The SMILES string of the molecule is CC1CNc2c(cccc2S(=O)(=O)NC(CCCN=C(N)N)C(=O)N2CCCC[C@@H]2C=O)C1. The number of nitrogens with zero attached hydrogens (tertiary/aromatic N) is 2. The lowest BCUT2D eigenvalue weighted by molar-refractivity contribution is -0.139. The van der Waals surface area contributed by atoms with E-state index in [-0.39, 0.29) is 23.8 Å². The lowest BCUT2D eigenvalue weighted by Gasteiger charge is -2.35. The first kappa shape index (κ1) is 25.0. The minimum atomic E-state index is -4.01. The number of hydrogen-bond donors (Lipinski definition) is 4. The van der Waals surface area contributed by atoms with Gasteiger partial charge in [0.1, 0.15) is 17.2 Å². The maximum absolute atomic E-state index is 13.4. The van der Waals surface area contributed by atoms with Crippen molar-refractivity contribution in [2.45, 2.75) is 62.4 Å². The molecule has 0 spiro atoms. The summed E-state index contributed by atoms with van der Waals surface area (Å²) in [7, 11) is -4.01. The van der Waals surface area contributed by atoms with Crippen molar-refractivity contribution in [2.75, 3.05) is 25.0 Å². The van der Waals surface area contributed by atoms with E-state index < -0.39 is 28.0 Å². The Bertz CT molecular complexity index is 993. The van der Waals surface area contributed by atoms with Crippen LogP contribution in [0, 0.1) is 5.92 Å². The number of benzene rings is 1. The van der Waals surface area contributed by atoms with Gasteiger partial charge in [-0.05, 0) is 56.1 Å². The van der Waals surface area contributed by atoms with Crippen LogP contribution < -0.4 is 21.5 Å². The van der Waals surface area contributed by atoms with Crippen molar-refractivity contribution < 1.29 is 18.0 Å². The molecule has 1 fully saturated rings. The van der Waals surface area contributed by atoms with Gasteiger partial charge in [-0.25, -0.2) is 8.42 Å². The minimum absolute atomic E-state index is 0.0632. The Balaban J connectivity index is 1.85. The van der Waals surface area contributed by atoms with Gasteiger partial charge < -0.3 is 26.5 Å². The zero-order valence-electron chi connectivity index (χ0n) is 19.0. The molecule has 33 heavy (non-hydrogen) atoms. The van der Waals surface area contributed by atoms with Gasteiger partial charge in [0, 0.05) is 19.6 Å². The fourth-order valence-electron chi connectivity index (χ4n) is 4.45. The van der Waals surface area contributed by atoms with Crippen LogP contribution in [0.25, 0.3) is 0 Å². The van der Waals surface area contributed by atoms with Gasteiger partial charge >= 0.3 is 0 Å². The van der Waals surface area contributed by atoms with Crippen molar-refractivity contribution in [2.24, 2.45) is 22.4 Å². The van der Waals surface area contributed by atoms with Gasteiger partial charge in [-0.1, -0.05) is 19.1 Å². The smallest absolute Gasteiger partial charge is 0.243 e. The van der Waals surface area contributed by atoms with Crippen LogP contribution in [0.15, 0.2) is 28.1 Å². The van der Waals surface area contributed by atoms with Crippen LogP contribution in [-0.2, 0) is 26.0 Å². The van der Waals surface area contributed by atoms with Gasteiger partial charge in [-0.15, -0.1) is 0 Å². The minimum Gasteiger partial charge on any atom is -0.383 e. The lowest BCUT2D eigenvalue weighted by atomic mass is 9.96. The average Bonchev–Trinajstić information content (AvgIpc) is 2.79. The zero-order valence-corrected chi connectivity index (χ0v) is 19.8. The Hall–Kier alpha value is -2.66. The lowest BCUT2D eigenvalue weighted by Crippen LogP contribution is -2.53. The summed E-state index contributed by atoms with van der Waals surface area (Å²) in [4.78, 5) is 30.5. The number of guanidine groups is 1. The molecule has 0 aromatic heterocycles. The molecular weight excluding hydrogens is 444 g/mol. The molecule has 1 saturated heterocycles. The summed E-state index contributed by atoms with van der Waals surface area (Å²) in [5.74, 6) is -0.0640. The monoisotopic (exact) mass is 478 g/mol. The first-order valence-electron chi connectivity index (χ1n) is 11.4. The van der Waals surface area contributed by atoms with Crippen LogP contribution in [0.1, 0.15) is 44.6 Å². The summed E-state index contributed by atoms with van der Waals surface area (Å²) in [6.07, 6.45) is 4.36. The molecule has 3 atom stereocenters. The summed E-state index contributed by atoms with van der Waals surface area (Å²) < 4.78 is 29.4. The number of rotatable bonds is 9. The third-order valence-electron chi connectivity index (χ3n) is 6.13. The predicted octanol–water partition coefficient (Wildman–Crippen LogP) is 0.571. The number of sulfonamides is 1. The molecule has 0 aliphatic carbocycles. The quantitative estimate of drug-likeness (QED) is 0.175. The number of likely N-dealkylation sites (tertiary alicyclic amines) is 1. The second-order valence-electron chi connectivity index (χ2n) is 8.83. The van der Waals surface area contributed by atoms with Gasteiger partial charge in [0.05, 0.1) is 11.7 Å². The molecule has 0 radical (unpaired) electrons. The van der Waals surface area contributed by atoms with Crippen molar-refractivity contribution in [1.82, 2.24) is 9.62 Å². The molecule has 2 unspecified atom stereocenters. The average molecular weight is 479 g/mol. The molecule has 3 rings (SSSR count). The van der Waals surface area contributed by atoms with E-state index in [0.717, 1.165) is 31.1 Å². The van der Waals surface area contributed by atoms with Crippen LogP contribution >= 0.6 is 0 Å². The molecule has 10 nitrogen and oxygen atoms in total. The summed E-state index contributed by atoms with van der Waals surface area (Å²) in [6, 6.07) is 3.61. The van der Waals surface area contributed by atoms with Gasteiger partial charge in [-0.2, -0.15) is 4.72 Å². The third kappa shape index (κ3) is 6.23. The highest BCUT2D eigenvalue weighted by Crippen LogP contribution is 2.31. The van der Waals surface area contributed by atoms with Crippen LogP contribution in [0.4, 0.5) is 5.69 Å². The number of para-hydroxylation sites is 1. The highest BCUT2D eigenvalue weighted by molar-refractivity contribution is 7.89. The summed E-state index contributed by atoms with van der Waals surface area (Å²) in [5.41, 5.74) is 12.3. The molecular formula is C22H34N6O4S. The van der Waals surface area contributed by atoms with Crippen LogP contribution in [0.3, 0.4) is 0 Å². The van der Waals surface area contributed by atoms with E-state index in [1.54, 1.807) is 12.1 Å². The molecule has 0 saturated carbocycles. The summed E-state index contributed by atoms with van der Waals surface area (Å²) in [6.45, 7) is 3.47. The van der Waals surface area contributed by atoms with Crippen molar-refractivity contribution in [3.8, 4) is 0 Å². The molecule has 0 bridgehead atoms. The molecule has 1 amide bonds. The predicted molar refractivity (Wildman–Crippen MR) is 127 cm³/mol. The number of fused-ring (bicyclic) bond motifs is 1. The fraction of sp³-hybridized carbons (Fsp3) is 0.591. The maximum Gasteiger partial charge on any atom is 0.243 e. The standard InChI is InChI=1S/C22H34N6O4S/c1-15-12-16-6-4-9-19(20(16)26-13-15)33(31,32)27-18(8-5-10-25-22(23)24)21(30)28-11-3-2-7-17(28)14-29/h4,6,9,14-15,17-18,26-27H,2-3,5,7-8,10-13H2,1H3,(H4,23,24,25)/t15?,17-,18?/m1/s1. The number of nitrogens with two attached hydrogens (primary N) is 2. The van der Waals surface area contributed by atoms with Crippen molar-refractivity contribution >= 4 is 33.9 Å². The number of carbonyl (C=O) groups excluding carboxylic acids is 2. The first-order chi connectivity index (χ1) is 15.7. The highest BCUT2D eigenvalue weighted by Gasteiger charge is 2.35. The molecule has 2 heterocycles. The van der Waals surface area contributed by atoms with E-state index in [0.29, 0.717) is 37.5 Å². The summed E-state index contributed by atoms with van der Waals surface area (Å²) >= 11 is 0. The van der Waals surface area contributed by atoms with E-state index in [1.807, 2.05) is 6.07 Å². The van der Waals surface area contributed by atoms with E-state index >= 15 is 0 Å². The Morgan fingerprint density at radius 2 is 2.15 bits per heavy atom. The number of aldehydes is 1. The van der Waals surface area contributed by atoms with Gasteiger partial charge in [0.25, 0.3) is 0 Å². The van der Waals surface area contributed by atoms with E-state index in [2.05, 4.69) is 22.0 Å². The highest BCUT2D eigenvalue weighted by atomic mass is 32.2. The molecule has 1 aromatic carbocycles. The Morgan fingerprint density at radius 3 is 2.88 bits per heavy atom. The van der Waals surface area contributed by atoms with Crippen LogP contribution in [0.5, 0.6) is 0 Å². The second-order valence-corrected chi connectivity index (χ2v) is 10.5. The number of hydrogen-bond acceptors (Lipinski definition) is 6. The van der Waals surface area contributed by atoms with Gasteiger partial charge in [-0.3, -0.25) is 9.79 Å². The van der Waals surface area contributed by atoms with Crippen molar-refractivity contribution in [1.29, 1.82) is 0 Å². The van der Waals surface area contributed by atoms with E-state index in [1.165, 1.54) is 4.90 Å². The number of aliphatic imine (C=N–C) groups is 1. The molecule has 6 N–H and O–H groups in total. The third-order valence-corrected chi connectivity index (χ3v) is 7.64. The van der Waals surface area contributed by atoms with Gasteiger partial charge in [0.15, 0.2) is 5.96 Å². The second kappa shape index (κ2) is 11.0. The topological polar surface area (TPSA) is 160 Å². The maximum atomic E-state index is 13.4. The number of nitrogens with one attached hydrogen (secondary N) is 2. The Morgan fingerprint density at radius 1 is 1.36 bits per heavy atom. The molecule has 2 aliphatic heterocycles. The van der Waals surface area contributed by atoms with E-state index in [4.69, 9.17) is 11.5 Å². The molecule has 11 heteroatoms. The fourth-order valence-corrected chi connectivity index (χ4v) is 5.90. The van der Waals surface area contributed by atoms with Crippen molar-refractivity contribution in [3.05, 3.63) is 23.8 Å². The molecule has 2 aliphatic rings. The normalized spacial score (nSPS) is 21.4. The Labute approximate surface area is 195 Å². The number of amides is 1. The van der Waals surface area contributed by atoms with E-state index in [9.17, 15) is 18.0 Å². The Kier molecular flexibility index (Phi) is 8.30. The first-order valence-corrected chi connectivity index (χ1v) is 12.9. The number of carbonyl (C=O) groups is 2. The van der Waals surface area contributed by atoms with Gasteiger partial charge in [0.2, 0.25) is 15.9 Å². The molecule has 1 aromatic rings. The van der Waals surface area contributed by atoms with Crippen molar-refractivity contribution in [3.63, 3.8) is 0 Å².